The molecule has 1 rings (SSSR count). The number of nitrogens with two attached hydrogens (primary N) is 1. The zero-order valence-electron chi connectivity index (χ0n) is 11.7. The second-order valence-corrected chi connectivity index (χ2v) is 5.09. The smallest absolute Gasteiger partial charge is 0.188 e. The van der Waals surface area contributed by atoms with E-state index in [9.17, 15) is 0 Å². The first-order valence-electron chi connectivity index (χ1n) is 6.42. The molecule has 3 N–H and O–H groups in total. The highest BCUT2D eigenvalue weighted by Gasteiger charge is 2.16. The van der Waals surface area contributed by atoms with Gasteiger partial charge in [0, 0.05) is 19.6 Å². The summed E-state index contributed by atoms with van der Waals surface area (Å²) in [5.74, 6) is 1.22. The number of nitrogens with one attached hydrogen (secondary N) is 1. The van der Waals surface area contributed by atoms with Crippen LogP contribution in [0.2, 0.25) is 0 Å². The Morgan fingerprint density at radius 1 is 1.56 bits per heavy atom. The monoisotopic (exact) mass is 370 g/mol. The lowest BCUT2D eigenvalue weighted by molar-refractivity contribution is -0.0136. The summed E-state index contributed by atoms with van der Waals surface area (Å²) in [5.41, 5.74) is 5.78. The van der Waals surface area contributed by atoms with Crippen LogP contribution in [0.5, 0.6) is 0 Å². The van der Waals surface area contributed by atoms with Crippen molar-refractivity contribution in [2.75, 3.05) is 39.8 Å². The van der Waals surface area contributed by atoms with Gasteiger partial charge >= 0.3 is 0 Å². The normalized spacial score (nSPS) is 21.8. The lowest BCUT2D eigenvalue weighted by atomic mass is 10.1. The molecule has 5 nitrogen and oxygen atoms in total. The van der Waals surface area contributed by atoms with Gasteiger partial charge in [0.25, 0.3) is 0 Å². The van der Waals surface area contributed by atoms with E-state index in [0.717, 1.165) is 32.7 Å². The average molecular weight is 370 g/mol. The summed E-state index contributed by atoms with van der Waals surface area (Å²) < 4.78 is 5.61. The fourth-order valence-corrected chi connectivity index (χ4v) is 1.72. The highest BCUT2D eigenvalue weighted by molar-refractivity contribution is 14.0. The lowest BCUT2D eigenvalue weighted by Gasteiger charge is -2.29. The number of guanidine groups is 1. The van der Waals surface area contributed by atoms with Gasteiger partial charge in [-0.1, -0.05) is 13.8 Å². The second-order valence-electron chi connectivity index (χ2n) is 5.09. The molecule has 1 aliphatic heterocycles. The van der Waals surface area contributed by atoms with Gasteiger partial charge in [0.15, 0.2) is 5.96 Å². The number of hydrogen-bond donors (Lipinski definition) is 2. The van der Waals surface area contributed by atoms with Gasteiger partial charge in [0.05, 0.1) is 19.3 Å². The molecule has 0 radical (unpaired) electrons. The van der Waals surface area contributed by atoms with Gasteiger partial charge in [0.1, 0.15) is 0 Å². The number of halogens is 1. The first-order chi connectivity index (χ1) is 8.08. The first-order valence-corrected chi connectivity index (χ1v) is 6.42. The maximum Gasteiger partial charge on any atom is 0.188 e. The first kappa shape index (κ1) is 17.9. The van der Waals surface area contributed by atoms with Crippen molar-refractivity contribution in [2.24, 2.45) is 16.6 Å². The molecule has 1 unspecified atom stereocenters. The summed E-state index contributed by atoms with van der Waals surface area (Å²) in [6.07, 6.45) is 1.29. The van der Waals surface area contributed by atoms with E-state index in [4.69, 9.17) is 10.5 Å². The van der Waals surface area contributed by atoms with E-state index < -0.39 is 0 Å². The fourth-order valence-electron chi connectivity index (χ4n) is 1.72. The number of likely N-dealkylation sites (N-methyl/N-ethyl adjacent to an activating group) is 1. The zero-order valence-corrected chi connectivity index (χ0v) is 14.0. The van der Waals surface area contributed by atoms with Crippen molar-refractivity contribution in [2.45, 2.75) is 26.4 Å². The molecule has 0 aromatic heterocycles. The largest absolute Gasteiger partial charge is 0.374 e. The van der Waals surface area contributed by atoms with Gasteiger partial charge in [-0.25, -0.2) is 0 Å². The van der Waals surface area contributed by atoms with Crippen LogP contribution in [0.15, 0.2) is 4.99 Å². The Morgan fingerprint density at radius 2 is 2.28 bits per heavy atom. The number of aliphatic imine (C=N–C) groups is 1. The van der Waals surface area contributed by atoms with Crippen molar-refractivity contribution < 1.29 is 4.74 Å². The molecule has 1 aliphatic rings. The Morgan fingerprint density at radius 3 is 2.89 bits per heavy atom. The Labute approximate surface area is 128 Å². The SMILES string of the molecule is CC(C)CCNC(N)=NCC1CN(C)CCO1.I. The van der Waals surface area contributed by atoms with Gasteiger partial charge in [-0.15, -0.1) is 24.0 Å². The number of hydrogen-bond acceptors (Lipinski definition) is 3. The summed E-state index contributed by atoms with van der Waals surface area (Å²) in [7, 11) is 2.10. The van der Waals surface area contributed by atoms with Gasteiger partial charge in [-0.3, -0.25) is 4.99 Å². The van der Waals surface area contributed by atoms with Gasteiger partial charge in [0.2, 0.25) is 0 Å². The van der Waals surface area contributed by atoms with Crippen LogP contribution in [0.3, 0.4) is 0 Å². The molecule has 0 amide bonds. The van der Waals surface area contributed by atoms with E-state index in [2.05, 4.69) is 36.1 Å². The Bertz CT molecular complexity index is 248. The molecule has 0 aliphatic carbocycles. The Hall–Kier alpha value is -0.0800. The van der Waals surface area contributed by atoms with E-state index in [1.165, 1.54) is 0 Å². The van der Waals surface area contributed by atoms with Crippen molar-refractivity contribution in [3.8, 4) is 0 Å². The summed E-state index contributed by atoms with van der Waals surface area (Å²) in [6.45, 7) is 8.65. The third-order valence-corrected chi connectivity index (χ3v) is 2.83. The van der Waals surface area contributed by atoms with Crippen LogP contribution < -0.4 is 11.1 Å². The highest BCUT2D eigenvalue weighted by atomic mass is 127. The van der Waals surface area contributed by atoms with E-state index in [0.29, 0.717) is 18.4 Å². The van der Waals surface area contributed by atoms with Crippen LogP contribution in [0.1, 0.15) is 20.3 Å². The molecule has 108 valence electrons. The van der Waals surface area contributed by atoms with E-state index in [-0.39, 0.29) is 30.1 Å². The van der Waals surface area contributed by atoms with Crippen molar-refractivity contribution in [1.29, 1.82) is 0 Å². The molecule has 6 heteroatoms. The summed E-state index contributed by atoms with van der Waals surface area (Å²) >= 11 is 0. The average Bonchev–Trinajstić information content (AvgIpc) is 2.26. The zero-order chi connectivity index (χ0) is 12.7. The number of nitrogens with zero attached hydrogens (tertiary/aromatic N) is 2. The quantitative estimate of drug-likeness (QED) is 0.429. The molecule has 0 aromatic rings. The summed E-state index contributed by atoms with van der Waals surface area (Å²) in [4.78, 5) is 6.57. The number of rotatable bonds is 5. The summed E-state index contributed by atoms with van der Waals surface area (Å²) in [6, 6.07) is 0. The molecule has 0 saturated carbocycles. The third kappa shape index (κ3) is 8.10. The predicted octanol–water partition coefficient (Wildman–Crippen LogP) is 0.885. The maximum atomic E-state index is 5.78. The minimum atomic E-state index is 0. The van der Waals surface area contributed by atoms with Crippen molar-refractivity contribution in [1.82, 2.24) is 10.2 Å². The lowest BCUT2D eigenvalue weighted by Crippen LogP contribution is -2.42. The van der Waals surface area contributed by atoms with Crippen molar-refractivity contribution >= 4 is 29.9 Å². The van der Waals surface area contributed by atoms with Gasteiger partial charge < -0.3 is 20.7 Å². The van der Waals surface area contributed by atoms with Crippen LogP contribution >= 0.6 is 24.0 Å². The van der Waals surface area contributed by atoms with Crippen molar-refractivity contribution in [3.05, 3.63) is 0 Å². The minimum absolute atomic E-state index is 0. The number of ether oxygens (including phenoxy) is 1. The van der Waals surface area contributed by atoms with E-state index in [1.54, 1.807) is 0 Å². The van der Waals surface area contributed by atoms with Crippen LogP contribution in [0.4, 0.5) is 0 Å². The molecule has 0 spiro atoms. The van der Waals surface area contributed by atoms with Crippen LogP contribution in [0.25, 0.3) is 0 Å². The van der Waals surface area contributed by atoms with Crippen LogP contribution in [-0.2, 0) is 4.74 Å². The summed E-state index contributed by atoms with van der Waals surface area (Å²) in [5, 5.41) is 3.12. The van der Waals surface area contributed by atoms with Gasteiger partial charge in [-0.05, 0) is 19.4 Å². The minimum Gasteiger partial charge on any atom is -0.374 e. The molecule has 1 atom stereocenters. The molecule has 0 bridgehead atoms. The predicted molar refractivity (Wildman–Crippen MR) is 86.6 cm³/mol. The van der Waals surface area contributed by atoms with Gasteiger partial charge in [-0.2, -0.15) is 0 Å². The third-order valence-electron chi connectivity index (χ3n) is 2.83. The molecular formula is C12H27IN4O. The number of morpholine rings is 1. The highest BCUT2D eigenvalue weighted by Crippen LogP contribution is 2.02. The maximum absolute atomic E-state index is 5.78. The fraction of sp³-hybridized carbons (Fsp3) is 0.917. The van der Waals surface area contributed by atoms with E-state index >= 15 is 0 Å². The molecule has 1 saturated heterocycles. The molecule has 1 fully saturated rings. The second kappa shape index (κ2) is 9.80. The van der Waals surface area contributed by atoms with E-state index in [1.807, 2.05) is 0 Å². The molecule has 0 aromatic carbocycles. The van der Waals surface area contributed by atoms with Crippen LogP contribution in [-0.4, -0.2) is 56.8 Å². The Balaban J connectivity index is 0.00000289. The van der Waals surface area contributed by atoms with Crippen molar-refractivity contribution in [3.63, 3.8) is 0 Å². The Kier molecular flexibility index (Phi) is 9.76. The molecular weight excluding hydrogens is 343 g/mol. The topological polar surface area (TPSA) is 62.9 Å². The molecule has 18 heavy (non-hydrogen) atoms. The van der Waals surface area contributed by atoms with Crippen LogP contribution in [0, 0.1) is 5.92 Å². The standard InChI is InChI=1S/C12H26N4O.HI/c1-10(2)4-5-14-12(13)15-8-11-9-16(3)6-7-17-11;/h10-11H,4-9H2,1-3H3,(H3,13,14,15);1H. The molecule has 1 heterocycles.